The highest BCUT2D eigenvalue weighted by molar-refractivity contribution is 6.31. The smallest absolute Gasteiger partial charge is 0.135 e. The number of aliphatic hydroxyl groups is 2. The summed E-state index contributed by atoms with van der Waals surface area (Å²) in [5, 5.41) is 19.8. The number of halogens is 2. The fraction of sp³-hybridized carbons (Fsp3) is 0.158. The predicted molar refractivity (Wildman–Crippen MR) is 96.2 cm³/mol. The van der Waals surface area contributed by atoms with Crippen LogP contribution in [-0.4, -0.2) is 25.5 Å². The summed E-state index contributed by atoms with van der Waals surface area (Å²) in [6.45, 7) is -0.397. The van der Waals surface area contributed by atoms with Gasteiger partial charge in [-0.05, 0) is 30.3 Å². The zero-order valence-corrected chi connectivity index (χ0v) is 14.4. The maximum atomic E-state index is 14.4. The normalized spacial score (nSPS) is 13.0. The monoisotopic (exact) mass is 371 g/mol. The number of aliphatic imine (C=N–C) groups is 1. The van der Waals surface area contributed by atoms with Gasteiger partial charge >= 0.3 is 0 Å². The number of aliphatic hydroxyl groups excluding tert-OH is 2. The Labute approximate surface area is 154 Å². The molecule has 1 aliphatic rings. The van der Waals surface area contributed by atoms with Gasteiger partial charge in [-0.3, -0.25) is 9.56 Å². The Morgan fingerprint density at radius 3 is 2.62 bits per heavy atom. The SMILES string of the molecule is OCc1nc2n(c1CO)-c1ccc(Cl)cc1C(c1ccccc1F)=NC2. The Balaban J connectivity index is 2.02. The van der Waals surface area contributed by atoms with E-state index in [1.807, 2.05) is 0 Å². The molecule has 0 aliphatic carbocycles. The predicted octanol–water partition coefficient (Wildman–Crippen LogP) is 3.00. The van der Waals surface area contributed by atoms with Crippen molar-refractivity contribution < 1.29 is 14.6 Å². The molecule has 0 fully saturated rings. The second-order valence-electron chi connectivity index (χ2n) is 5.88. The third-order valence-corrected chi connectivity index (χ3v) is 4.62. The molecule has 0 saturated carbocycles. The maximum Gasteiger partial charge on any atom is 0.135 e. The van der Waals surface area contributed by atoms with E-state index in [1.165, 1.54) is 6.07 Å². The van der Waals surface area contributed by atoms with Crippen LogP contribution in [0, 0.1) is 5.82 Å². The molecule has 7 heteroatoms. The van der Waals surface area contributed by atoms with Gasteiger partial charge in [0, 0.05) is 16.1 Å². The number of hydrogen-bond acceptors (Lipinski definition) is 4. The van der Waals surface area contributed by atoms with Crippen molar-refractivity contribution in [3.05, 3.63) is 81.6 Å². The van der Waals surface area contributed by atoms with Gasteiger partial charge in [0.25, 0.3) is 0 Å². The molecule has 4 rings (SSSR count). The van der Waals surface area contributed by atoms with Crippen molar-refractivity contribution in [3.63, 3.8) is 0 Å². The van der Waals surface area contributed by atoms with E-state index in [0.29, 0.717) is 44.8 Å². The van der Waals surface area contributed by atoms with Crippen LogP contribution in [0.4, 0.5) is 4.39 Å². The molecule has 2 N–H and O–H groups in total. The average molecular weight is 372 g/mol. The van der Waals surface area contributed by atoms with E-state index in [9.17, 15) is 14.6 Å². The number of aromatic nitrogens is 2. The van der Waals surface area contributed by atoms with Gasteiger partial charge in [0.1, 0.15) is 11.6 Å². The number of benzene rings is 2. The lowest BCUT2D eigenvalue weighted by atomic mass is 10.00. The topological polar surface area (TPSA) is 70.6 Å². The lowest BCUT2D eigenvalue weighted by Crippen LogP contribution is -2.11. The largest absolute Gasteiger partial charge is 0.390 e. The molecule has 0 amide bonds. The first-order valence-corrected chi connectivity index (χ1v) is 8.42. The van der Waals surface area contributed by atoms with E-state index >= 15 is 0 Å². The molecule has 5 nitrogen and oxygen atoms in total. The summed E-state index contributed by atoms with van der Waals surface area (Å²) < 4.78 is 16.2. The summed E-state index contributed by atoms with van der Waals surface area (Å²) in [6.07, 6.45) is 0. The van der Waals surface area contributed by atoms with Crippen molar-refractivity contribution in [3.8, 4) is 5.69 Å². The third-order valence-electron chi connectivity index (χ3n) is 4.39. The van der Waals surface area contributed by atoms with Crippen LogP contribution in [-0.2, 0) is 19.8 Å². The number of nitrogens with zero attached hydrogens (tertiary/aromatic N) is 3. The fourth-order valence-electron chi connectivity index (χ4n) is 3.25. The van der Waals surface area contributed by atoms with Crippen LogP contribution in [0.1, 0.15) is 28.3 Å². The molecular weight excluding hydrogens is 357 g/mol. The molecule has 3 aromatic rings. The summed E-state index contributed by atoms with van der Waals surface area (Å²) >= 11 is 6.19. The van der Waals surface area contributed by atoms with Gasteiger partial charge in [-0.1, -0.05) is 23.7 Å². The molecular formula is C19H15ClFN3O2. The third kappa shape index (κ3) is 2.63. The summed E-state index contributed by atoms with van der Waals surface area (Å²) in [6, 6.07) is 11.6. The van der Waals surface area contributed by atoms with Gasteiger partial charge in [0.15, 0.2) is 0 Å². The van der Waals surface area contributed by atoms with Crippen LogP contribution in [0.25, 0.3) is 5.69 Å². The summed E-state index contributed by atoms with van der Waals surface area (Å²) in [7, 11) is 0. The molecule has 1 aromatic heterocycles. The zero-order chi connectivity index (χ0) is 18.3. The van der Waals surface area contributed by atoms with Crippen molar-refractivity contribution in [2.75, 3.05) is 0 Å². The maximum absolute atomic E-state index is 14.4. The number of imidazole rings is 1. The van der Waals surface area contributed by atoms with E-state index < -0.39 is 0 Å². The van der Waals surface area contributed by atoms with Crippen molar-refractivity contribution in [1.82, 2.24) is 9.55 Å². The van der Waals surface area contributed by atoms with Crippen LogP contribution < -0.4 is 0 Å². The standard InChI is InChI=1S/C19H15ClFN3O2/c20-11-5-6-16-13(7-11)19(12-3-1-2-4-14(12)21)22-8-18-23-15(9-25)17(10-26)24(16)18/h1-7,25-26H,8-10H2. The molecule has 2 aromatic carbocycles. The quantitative estimate of drug-likeness (QED) is 0.743. The van der Waals surface area contributed by atoms with Gasteiger partial charge in [-0.15, -0.1) is 0 Å². The highest BCUT2D eigenvalue weighted by Gasteiger charge is 2.25. The van der Waals surface area contributed by atoms with Crippen molar-refractivity contribution in [2.24, 2.45) is 4.99 Å². The average Bonchev–Trinajstić information content (AvgIpc) is 2.93. The molecule has 0 unspecified atom stereocenters. The van der Waals surface area contributed by atoms with Crippen LogP contribution in [0.15, 0.2) is 47.5 Å². The molecule has 0 spiro atoms. The van der Waals surface area contributed by atoms with E-state index in [0.717, 1.165) is 0 Å². The first-order chi connectivity index (χ1) is 12.6. The van der Waals surface area contributed by atoms with Gasteiger partial charge < -0.3 is 10.2 Å². The molecule has 0 saturated heterocycles. The van der Waals surface area contributed by atoms with Crippen molar-refractivity contribution in [2.45, 2.75) is 19.8 Å². The Bertz CT molecular complexity index is 1030. The van der Waals surface area contributed by atoms with Gasteiger partial charge in [0.2, 0.25) is 0 Å². The van der Waals surface area contributed by atoms with E-state index in [4.69, 9.17) is 11.6 Å². The van der Waals surface area contributed by atoms with E-state index in [2.05, 4.69) is 9.98 Å². The molecule has 0 atom stereocenters. The Kier molecular flexibility index (Phi) is 4.32. The Morgan fingerprint density at radius 1 is 1.08 bits per heavy atom. The van der Waals surface area contributed by atoms with Crippen molar-refractivity contribution in [1.29, 1.82) is 0 Å². The lowest BCUT2D eigenvalue weighted by molar-refractivity contribution is 0.253. The number of hydrogen-bond donors (Lipinski definition) is 2. The minimum Gasteiger partial charge on any atom is -0.390 e. The van der Waals surface area contributed by atoms with Crippen LogP contribution >= 0.6 is 11.6 Å². The van der Waals surface area contributed by atoms with Gasteiger partial charge in [-0.2, -0.15) is 0 Å². The van der Waals surface area contributed by atoms with Crippen LogP contribution in [0.2, 0.25) is 5.02 Å². The minimum absolute atomic E-state index is 0.183. The molecule has 1 aliphatic heterocycles. The zero-order valence-electron chi connectivity index (χ0n) is 13.7. The first kappa shape index (κ1) is 16.9. The Morgan fingerprint density at radius 2 is 1.88 bits per heavy atom. The summed E-state index contributed by atoms with van der Waals surface area (Å²) in [4.78, 5) is 8.96. The highest BCUT2D eigenvalue weighted by Crippen LogP contribution is 2.30. The lowest BCUT2D eigenvalue weighted by Gasteiger charge is -2.15. The van der Waals surface area contributed by atoms with Gasteiger partial charge in [0.05, 0.1) is 42.5 Å². The molecule has 132 valence electrons. The fourth-order valence-corrected chi connectivity index (χ4v) is 3.42. The van der Waals surface area contributed by atoms with E-state index in [-0.39, 0.29) is 25.6 Å². The van der Waals surface area contributed by atoms with Crippen molar-refractivity contribution >= 4 is 17.3 Å². The second kappa shape index (κ2) is 6.64. The highest BCUT2D eigenvalue weighted by atomic mass is 35.5. The first-order valence-electron chi connectivity index (χ1n) is 8.04. The molecule has 2 heterocycles. The number of fused-ring (bicyclic) bond motifs is 3. The minimum atomic E-state index is -0.379. The number of rotatable bonds is 3. The van der Waals surface area contributed by atoms with E-state index in [1.54, 1.807) is 41.0 Å². The molecule has 0 radical (unpaired) electrons. The summed E-state index contributed by atoms with van der Waals surface area (Å²) in [5.41, 5.74) is 3.04. The van der Waals surface area contributed by atoms with Gasteiger partial charge in [-0.25, -0.2) is 9.37 Å². The molecule has 0 bridgehead atoms. The molecule has 26 heavy (non-hydrogen) atoms. The Hall–Kier alpha value is -2.54. The van der Waals surface area contributed by atoms with Crippen LogP contribution in [0.3, 0.4) is 0 Å². The second-order valence-corrected chi connectivity index (χ2v) is 6.32. The summed E-state index contributed by atoms with van der Waals surface area (Å²) in [5.74, 6) is 0.183. The van der Waals surface area contributed by atoms with Crippen LogP contribution in [0.5, 0.6) is 0 Å².